The third kappa shape index (κ3) is 2.60. The number of nitrogens with zero attached hydrogens (tertiary/aromatic N) is 3. The predicted octanol–water partition coefficient (Wildman–Crippen LogP) is 4.63. The summed E-state index contributed by atoms with van der Waals surface area (Å²) in [6.45, 7) is 0. The molecule has 3 aromatic heterocycles. The fourth-order valence-corrected chi connectivity index (χ4v) is 5.35. The zero-order valence-electron chi connectivity index (χ0n) is 11.2. The molecule has 3 aromatic rings. The molecular weight excluding hydrogens is 366 g/mol. The van der Waals surface area contributed by atoms with E-state index in [1.807, 2.05) is 23.7 Å². The van der Waals surface area contributed by atoms with Crippen molar-refractivity contribution in [2.75, 3.05) is 0 Å². The van der Waals surface area contributed by atoms with Gasteiger partial charge < -0.3 is 0 Å². The number of rotatable bonds is 3. The smallest absolute Gasteiger partial charge is 0.128 e. The van der Waals surface area contributed by atoms with E-state index in [4.69, 9.17) is 0 Å². The maximum Gasteiger partial charge on any atom is 0.128 e. The third-order valence-corrected chi connectivity index (χ3v) is 6.30. The van der Waals surface area contributed by atoms with Gasteiger partial charge in [-0.25, -0.2) is 9.97 Å². The van der Waals surface area contributed by atoms with E-state index in [9.17, 15) is 0 Å². The van der Waals surface area contributed by atoms with E-state index in [1.54, 1.807) is 18.1 Å². The highest BCUT2D eigenvalue weighted by molar-refractivity contribution is 9.10. The van der Waals surface area contributed by atoms with Gasteiger partial charge in [0.05, 0.1) is 0 Å². The second kappa shape index (κ2) is 5.66. The molecule has 21 heavy (non-hydrogen) atoms. The van der Waals surface area contributed by atoms with E-state index < -0.39 is 0 Å². The van der Waals surface area contributed by atoms with E-state index in [2.05, 4.69) is 36.9 Å². The molecule has 0 aliphatic heterocycles. The SMILES string of the molecule is Brc1cncc(CSc2ncnc3sc4c(c23)CCC4)c1. The molecule has 6 heteroatoms. The molecule has 1 aliphatic carbocycles. The molecule has 0 fully saturated rings. The first-order chi connectivity index (χ1) is 10.3. The van der Waals surface area contributed by atoms with Gasteiger partial charge in [0.2, 0.25) is 0 Å². The van der Waals surface area contributed by atoms with Crippen molar-refractivity contribution in [3.8, 4) is 0 Å². The number of thioether (sulfide) groups is 1. The highest BCUT2D eigenvalue weighted by atomic mass is 79.9. The largest absolute Gasteiger partial charge is 0.263 e. The minimum absolute atomic E-state index is 0.878. The lowest BCUT2D eigenvalue weighted by atomic mass is 10.2. The molecule has 0 saturated heterocycles. The Morgan fingerprint density at radius 3 is 3.10 bits per heavy atom. The molecule has 0 unspecified atom stereocenters. The second-order valence-electron chi connectivity index (χ2n) is 5.02. The number of hydrogen-bond acceptors (Lipinski definition) is 5. The van der Waals surface area contributed by atoms with Crippen LogP contribution >= 0.6 is 39.0 Å². The van der Waals surface area contributed by atoms with E-state index >= 15 is 0 Å². The van der Waals surface area contributed by atoms with E-state index in [-0.39, 0.29) is 0 Å². The van der Waals surface area contributed by atoms with Gasteiger partial charge in [-0.1, -0.05) is 0 Å². The van der Waals surface area contributed by atoms with Crippen molar-refractivity contribution in [3.05, 3.63) is 45.3 Å². The molecule has 0 aromatic carbocycles. The maximum atomic E-state index is 4.52. The molecule has 1 aliphatic rings. The summed E-state index contributed by atoms with van der Waals surface area (Å²) in [4.78, 5) is 15.8. The quantitative estimate of drug-likeness (QED) is 0.492. The molecule has 0 atom stereocenters. The van der Waals surface area contributed by atoms with Crippen molar-refractivity contribution >= 4 is 49.2 Å². The van der Waals surface area contributed by atoms with Gasteiger partial charge in [0.25, 0.3) is 0 Å². The van der Waals surface area contributed by atoms with Gasteiger partial charge >= 0.3 is 0 Å². The summed E-state index contributed by atoms with van der Waals surface area (Å²) >= 11 is 7.08. The van der Waals surface area contributed by atoms with Crippen molar-refractivity contribution in [3.63, 3.8) is 0 Å². The highest BCUT2D eigenvalue weighted by Gasteiger charge is 2.21. The van der Waals surface area contributed by atoms with Gasteiger partial charge in [0.15, 0.2) is 0 Å². The summed E-state index contributed by atoms with van der Waals surface area (Å²) in [5, 5.41) is 2.40. The number of pyridine rings is 1. The molecule has 0 saturated carbocycles. The molecule has 0 radical (unpaired) electrons. The van der Waals surface area contributed by atoms with Crippen LogP contribution < -0.4 is 0 Å². The molecular formula is C15H12BrN3S2. The van der Waals surface area contributed by atoms with E-state index in [0.29, 0.717) is 0 Å². The number of thiophene rings is 1. The number of fused-ring (bicyclic) bond motifs is 3. The molecule has 3 nitrogen and oxygen atoms in total. The summed E-state index contributed by atoms with van der Waals surface area (Å²) in [5.74, 6) is 0.878. The van der Waals surface area contributed by atoms with Crippen LogP contribution in [0.3, 0.4) is 0 Å². The van der Waals surface area contributed by atoms with Gasteiger partial charge in [-0.05, 0) is 52.4 Å². The summed E-state index contributed by atoms with van der Waals surface area (Å²) in [7, 11) is 0. The zero-order chi connectivity index (χ0) is 14.2. The first kappa shape index (κ1) is 13.7. The summed E-state index contributed by atoms with van der Waals surface area (Å²) in [5.41, 5.74) is 2.69. The third-order valence-electron chi connectivity index (χ3n) is 3.60. The van der Waals surface area contributed by atoms with Crippen molar-refractivity contribution in [2.45, 2.75) is 30.0 Å². The van der Waals surface area contributed by atoms with Crippen LogP contribution in [0.1, 0.15) is 22.4 Å². The van der Waals surface area contributed by atoms with Crippen molar-refractivity contribution < 1.29 is 0 Å². The van der Waals surface area contributed by atoms with Crippen LogP contribution in [0, 0.1) is 0 Å². The Bertz CT molecular complexity index is 816. The standard InChI is InChI=1S/C15H12BrN3S2/c16-10-4-9(5-17-6-10)7-20-14-13-11-2-1-3-12(11)21-15(13)19-8-18-14/h4-6,8H,1-3,7H2. The first-order valence-electron chi connectivity index (χ1n) is 6.79. The fourth-order valence-electron chi connectivity index (χ4n) is 2.70. The molecule has 3 heterocycles. The van der Waals surface area contributed by atoms with E-state index in [0.717, 1.165) is 20.1 Å². The normalized spacial score (nSPS) is 13.8. The van der Waals surface area contributed by atoms with Gasteiger partial charge in [-0.15, -0.1) is 23.1 Å². The molecule has 0 bridgehead atoms. The Hall–Kier alpha value is -0.980. The molecule has 0 spiro atoms. The summed E-state index contributed by atoms with van der Waals surface area (Å²) < 4.78 is 1.02. The monoisotopic (exact) mass is 377 g/mol. The maximum absolute atomic E-state index is 4.52. The minimum atomic E-state index is 0.878. The zero-order valence-corrected chi connectivity index (χ0v) is 14.4. The van der Waals surface area contributed by atoms with Crippen LogP contribution in [0.15, 0.2) is 34.3 Å². The van der Waals surface area contributed by atoms with Crippen molar-refractivity contribution in [2.24, 2.45) is 0 Å². The number of aromatic nitrogens is 3. The number of aryl methyl sites for hydroxylation is 2. The average Bonchev–Trinajstić information content (AvgIpc) is 3.05. The van der Waals surface area contributed by atoms with Gasteiger partial charge in [0, 0.05) is 32.9 Å². The Balaban J connectivity index is 1.67. The second-order valence-corrected chi connectivity index (χ2v) is 7.98. The Morgan fingerprint density at radius 1 is 1.24 bits per heavy atom. The number of hydrogen-bond donors (Lipinski definition) is 0. The molecule has 0 N–H and O–H groups in total. The van der Waals surface area contributed by atoms with Crippen molar-refractivity contribution in [1.29, 1.82) is 0 Å². The molecule has 106 valence electrons. The molecule has 0 amide bonds. The van der Waals surface area contributed by atoms with Crippen LogP contribution in [-0.2, 0) is 18.6 Å². The Morgan fingerprint density at radius 2 is 2.19 bits per heavy atom. The van der Waals surface area contributed by atoms with Gasteiger partial charge in [0.1, 0.15) is 16.2 Å². The number of halogens is 1. The van der Waals surface area contributed by atoms with Crippen LogP contribution in [0.25, 0.3) is 10.2 Å². The highest BCUT2D eigenvalue weighted by Crippen LogP contribution is 2.40. The van der Waals surface area contributed by atoms with Gasteiger partial charge in [-0.2, -0.15) is 0 Å². The minimum Gasteiger partial charge on any atom is -0.263 e. The van der Waals surface area contributed by atoms with Crippen molar-refractivity contribution in [1.82, 2.24) is 15.0 Å². The molecule has 4 rings (SSSR count). The Kier molecular flexibility index (Phi) is 3.69. The van der Waals surface area contributed by atoms with Gasteiger partial charge in [-0.3, -0.25) is 4.98 Å². The lowest BCUT2D eigenvalue weighted by Gasteiger charge is -2.04. The average molecular weight is 378 g/mol. The van der Waals surface area contributed by atoms with Crippen LogP contribution in [0.2, 0.25) is 0 Å². The summed E-state index contributed by atoms with van der Waals surface area (Å²) in [6.07, 6.45) is 9.06. The Labute approximate surface area is 139 Å². The predicted molar refractivity (Wildman–Crippen MR) is 90.9 cm³/mol. The lowest BCUT2D eigenvalue weighted by molar-refractivity contribution is 0.915. The first-order valence-corrected chi connectivity index (χ1v) is 9.38. The topological polar surface area (TPSA) is 38.7 Å². The van der Waals surface area contributed by atoms with Crippen LogP contribution in [-0.4, -0.2) is 15.0 Å². The lowest BCUT2D eigenvalue weighted by Crippen LogP contribution is -1.89. The fraction of sp³-hybridized carbons (Fsp3) is 0.267. The van der Waals surface area contributed by atoms with E-state index in [1.165, 1.54) is 40.7 Å². The summed E-state index contributed by atoms with van der Waals surface area (Å²) in [6, 6.07) is 2.11. The van der Waals surface area contributed by atoms with Crippen LogP contribution in [0.5, 0.6) is 0 Å². The van der Waals surface area contributed by atoms with Crippen LogP contribution in [0.4, 0.5) is 0 Å².